The van der Waals surface area contributed by atoms with E-state index in [1.165, 1.54) is 42.1 Å². The zero-order valence-corrected chi connectivity index (χ0v) is 26.2. The molecule has 0 N–H and O–H groups in total. The van der Waals surface area contributed by atoms with Crippen molar-refractivity contribution in [2.75, 3.05) is 4.90 Å². The van der Waals surface area contributed by atoms with Crippen molar-refractivity contribution in [2.24, 2.45) is 0 Å². The molecule has 2 heterocycles. The third-order valence-corrected chi connectivity index (χ3v) is 10.6. The normalized spacial score (nSPS) is 11.8. The molecule has 0 amide bonds. The molecule has 2 aromatic heterocycles. The molecule has 0 bridgehead atoms. The predicted octanol–water partition coefficient (Wildman–Crippen LogP) is 13.4. The monoisotopic (exact) mass is 617 g/mol. The summed E-state index contributed by atoms with van der Waals surface area (Å²) in [4.78, 5) is 2.46. The van der Waals surface area contributed by atoms with Crippen LogP contribution >= 0.6 is 11.3 Å². The lowest BCUT2D eigenvalue weighted by atomic mass is 9.97. The molecule has 0 saturated heterocycles. The molecule has 0 unspecified atom stereocenters. The summed E-state index contributed by atoms with van der Waals surface area (Å²) in [6.45, 7) is 0. The lowest BCUT2D eigenvalue weighted by Gasteiger charge is -2.28. The van der Waals surface area contributed by atoms with Crippen molar-refractivity contribution in [3.8, 4) is 11.1 Å². The van der Waals surface area contributed by atoms with Crippen LogP contribution in [0.1, 0.15) is 0 Å². The van der Waals surface area contributed by atoms with Crippen LogP contribution in [0.2, 0.25) is 0 Å². The maximum atomic E-state index is 6.51. The third-order valence-electron chi connectivity index (χ3n) is 9.45. The van der Waals surface area contributed by atoms with E-state index in [-0.39, 0.29) is 0 Å². The first-order valence-corrected chi connectivity index (χ1v) is 16.7. The van der Waals surface area contributed by atoms with E-state index >= 15 is 0 Å². The molecular formula is C44H27NOS. The van der Waals surface area contributed by atoms with Gasteiger partial charge in [-0.25, -0.2) is 0 Å². The van der Waals surface area contributed by atoms with Crippen LogP contribution < -0.4 is 4.90 Å². The second kappa shape index (κ2) is 10.3. The van der Waals surface area contributed by atoms with Crippen molar-refractivity contribution in [1.29, 1.82) is 0 Å². The van der Waals surface area contributed by atoms with Gasteiger partial charge in [0.15, 0.2) is 0 Å². The number of hydrogen-bond acceptors (Lipinski definition) is 3. The predicted molar refractivity (Wildman–Crippen MR) is 202 cm³/mol. The summed E-state index contributed by atoms with van der Waals surface area (Å²) in [5.41, 5.74) is 7.66. The van der Waals surface area contributed by atoms with E-state index in [9.17, 15) is 0 Å². The van der Waals surface area contributed by atoms with Gasteiger partial charge in [-0.15, -0.1) is 11.3 Å². The Hall–Kier alpha value is -5.90. The van der Waals surface area contributed by atoms with E-state index in [0.717, 1.165) is 49.8 Å². The van der Waals surface area contributed by atoms with Gasteiger partial charge in [0, 0.05) is 47.4 Å². The summed E-state index contributed by atoms with van der Waals surface area (Å²) in [5.74, 6) is 0. The lowest BCUT2D eigenvalue weighted by Crippen LogP contribution is -2.11. The van der Waals surface area contributed by atoms with E-state index in [4.69, 9.17) is 4.42 Å². The van der Waals surface area contributed by atoms with Crippen molar-refractivity contribution < 1.29 is 4.42 Å². The molecule has 8 aromatic carbocycles. The molecule has 0 atom stereocenters. The molecule has 3 heteroatoms. The molecule has 10 aromatic rings. The number of rotatable bonds is 4. The van der Waals surface area contributed by atoms with Crippen molar-refractivity contribution in [2.45, 2.75) is 0 Å². The summed E-state index contributed by atoms with van der Waals surface area (Å²) in [6.07, 6.45) is 0. The van der Waals surface area contributed by atoms with E-state index in [1.54, 1.807) is 0 Å². The Balaban J connectivity index is 1.28. The van der Waals surface area contributed by atoms with Gasteiger partial charge in [0.2, 0.25) is 0 Å². The third kappa shape index (κ3) is 4.04. The highest BCUT2D eigenvalue weighted by atomic mass is 32.1. The van der Waals surface area contributed by atoms with Crippen molar-refractivity contribution >= 4 is 92.1 Å². The van der Waals surface area contributed by atoms with Gasteiger partial charge in [0.05, 0.1) is 11.4 Å². The van der Waals surface area contributed by atoms with E-state index in [1.807, 2.05) is 17.4 Å². The zero-order valence-electron chi connectivity index (χ0n) is 25.4. The second-order valence-corrected chi connectivity index (χ2v) is 13.2. The molecule has 10 rings (SSSR count). The van der Waals surface area contributed by atoms with Gasteiger partial charge >= 0.3 is 0 Å². The molecule has 0 spiro atoms. The second-order valence-electron chi connectivity index (χ2n) is 12.1. The van der Waals surface area contributed by atoms with Gasteiger partial charge < -0.3 is 9.32 Å². The van der Waals surface area contributed by atoms with Crippen molar-refractivity contribution in [3.63, 3.8) is 0 Å². The quantitative estimate of drug-likeness (QED) is 0.195. The fourth-order valence-electron chi connectivity index (χ4n) is 7.33. The first-order valence-electron chi connectivity index (χ1n) is 15.9. The molecule has 0 fully saturated rings. The fraction of sp³-hybridized carbons (Fsp3) is 0. The van der Waals surface area contributed by atoms with Crippen LogP contribution in [-0.4, -0.2) is 0 Å². The smallest absolute Gasteiger partial charge is 0.143 e. The molecule has 2 nitrogen and oxygen atoms in total. The highest BCUT2D eigenvalue weighted by Crippen LogP contribution is 2.48. The SMILES string of the molecule is c1ccc2c(-c3ccc(N(c4cc5c6ccccc6oc5c5ccccc45)c4cccc5sc6ccccc6c45)cc3)cccc2c1. The minimum absolute atomic E-state index is 0.904. The summed E-state index contributed by atoms with van der Waals surface area (Å²) in [6, 6.07) is 59.1. The zero-order chi connectivity index (χ0) is 30.9. The number of thiophene rings is 1. The van der Waals surface area contributed by atoms with Gasteiger partial charge in [-0.05, 0) is 64.4 Å². The average Bonchev–Trinajstić information content (AvgIpc) is 3.71. The number of fused-ring (bicyclic) bond motifs is 9. The Morgan fingerprint density at radius 1 is 0.447 bits per heavy atom. The summed E-state index contributed by atoms with van der Waals surface area (Å²) in [7, 11) is 0. The number of furan rings is 1. The molecule has 220 valence electrons. The van der Waals surface area contributed by atoms with Gasteiger partial charge in [0.25, 0.3) is 0 Å². The number of para-hydroxylation sites is 1. The van der Waals surface area contributed by atoms with Crippen LogP contribution in [0, 0.1) is 0 Å². The fourth-order valence-corrected chi connectivity index (χ4v) is 8.46. The highest BCUT2D eigenvalue weighted by molar-refractivity contribution is 7.26. The summed E-state index contributed by atoms with van der Waals surface area (Å²) < 4.78 is 9.08. The molecule has 0 aliphatic carbocycles. The Morgan fingerprint density at radius 3 is 1.98 bits per heavy atom. The Labute approximate surface area is 275 Å². The van der Waals surface area contributed by atoms with E-state index in [0.29, 0.717) is 0 Å². The number of anilines is 3. The molecular weight excluding hydrogens is 591 g/mol. The van der Waals surface area contributed by atoms with Crippen molar-refractivity contribution in [1.82, 2.24) is 0 Å². The van der Waals surface area contributed by atoms with Crippen LogP contribution in [0.15, 0.2) is 168 Å². The average molecular weight is 618 g/mol. The number of hydrogen-bond donors (Lipinski definition) is 0. The Kier molecular flexibility index (Phi) is 5.78. The van der Waals surface area contributed by atoms with Gasteiger partial charge in [-0.1, -0.05) is 121 Å². The summed E-state index contributed by atoms with van der Waals surface area (Å²) >= 11 is 1.85. The van der Waals surface area contributed by atoms with Crippen LogP contribution in [0.25, 0.3) is 74.8 Å². The summed E-state index contributed by atoms with van der Waals surface area (Å²) in [5, 5.41) is 9.56. The van der Waals surface area contributed by atoms with Crippen LogP contribution in [0.3, 0.4) is 0 Å². The van der Waals surface area contributed by atoms with Crippen LogP contribution in [0.5, 0.6) is 0 Å². The minimum atomic E-state index is 0.904. The maximum absolute atomic E-state index is 6.51. The van der Waals surface area contributed by atoms with Gasteiger partial charge in [0.1, 0.15) is 11.2 Å². The molecule has 0 aliphatic heterocycles. The lowest BCUT2D eigenvalue weighted by molar-refractivity contribution is 0.672. The Bertz CT molecular complexity index is 2800. The van der Waals surface area contributed by atoms with Crippen molar-refractivity contribution in [3.05, 3.63) is 164 Å². The van der Waals surface area contributed by atoms with Crippen LogP contribution in [-0.2, 0) is 0 Å². The topological polar surface area (TPSA) is 16.4 Å². The molecule has 47 heavy (non-hydrogen) atoms. The largest absolute Gasteiger partial charge is 0.455 e. The Morgan fingerprint density at radius 2 is 1.11 bits per heavy atom. The van der Waals surface area contributed by atoms with E-state index < -0.39 is 0 Å². The number of benzene rings is 8. The maximum Gasteiger partial charge on any atom is 0.143 e. The first-order chi connectivity index (χ1) is 23.3. The first kappa shape index (κ1) is 26.3. The molecule has 0 radical (unpaired) electrons. The molecule has 0 saturated carbocycles. The minimum Gasteiger partial charge on any atom is -0.455 e. The standard InChI is InChI=1S/C44H27NOS/c1-2-13-31-28(11-1)12-9-18-32(31)29-23-25-30(26-24-29)45(38-19-10-22-42-43(38)36-17-6-8-21-41(36)47-42)39-27-37-34-15-5-7-20-40(34)46-44(37)35-16-4-3-14-33(35)39/h1-27H. The highest BCUT2D eigenvalue weighted by Gasteiger charge is 2.23. The van der Waals surface area contributed by atoms with Gasteiger partial charge in [-0.3, -0.25) is 0 Å². The van der Waals surface area contributed by atoms with E-state index in [2.05, 4.69) is 163 Å². The molecule has 0 aliphatic rings. The number of nitrogens with zero attached hydrogens (tertiary/aromatic N) is 1. The van der Waals surface area contributed by atoms with Crippen LogP contribution in [0.4, 0.5) is 17.1 Å². The van der Waals surface area contributed by atoms with Gasteiger partial charge in [-0.2, -0.15) is 0 Å².